The fourth-order valence-electron chi connectivity index (χ4n) is 2.02. The van der Waals surface area contributed by atoms with Crippen LogP contribution in [0.3, 0.4) is 0 Å². The second-order valence-corrected chi connectivity index (χ2v) is 5.06. The Morgan fingerprint density at radius 2 is 2.05 bits per heavy atom. The van der Waals surface area contributed by atoms with Crippen LogP contribution < -0.4 is 0 Å². The van der Waals surface area contributed by atoms with E-state index in [1.54, 1.807) is 4.90 Å². The van der Waals surface area contributed by atoms with Gasteiger partial charge >= 0.3 is 0 Å². The number of nitrogens with zero attached hydrogens (tertiary/aromatic N) is 1. The summed E-state index contributed by atoms with van der Waals surface area (Å²) in [6.45, 7) is 8.67. The molecular formula is C16H22ClNO2. The zero-order valence-electron chi connectivity index (χ0n) is 12.6. The van der Waals surface area contributed by atoms with Crippen LogP contribution in [0.15, 0.2) is 29.8 Å². The maximum Gasteiger partial charge on any atom is 0.243 e. The van der Waals surface area contributed by atoms with Crippen LogP contribution in [0.4, 0.5) is 0 Å². The van der Waals surface area contributed by atoms with E-state index in [1.807, 2.05) is 45.9 Å². The van der Waals surface area contributed by atoms with E-state index in [-0.39, 0.29) is 18.5 Å². The molecule has 0 aliphatic rings. The lowest BCUT2D eigenvalue weighted by Gasteiger charge is -2.26. The Kier molecular flexibility index (Phi) is 6.76. The molecule has 0 saturated heterocycles. The second-order valence-electron chi connectivity index (χ2n) is 4.80. The summed E-state index contributed by atoms with van der Waals surface area (Å²) < 4.78 is 5.41. The molecule has 0 radical (unpaired) electrons. The molecule has 110 valence electrons. The molecule has 0 aromatic heterocycles. The van der Waals surface area contributed by atoms with Gasteiger partial charge in [-0.1, -0.05) is 29.3 Å². The molecule has 3 nitrogen and oxygen atoms in total. The van der Waals surface area contributed by atoms with Crippen molar-refractivity contribution in [2.24, 2.45) is 0 Å². The topological polar surface area (TPSA) is 29.5 Å². The monoisotopic (exact) mass is 295 g/mol. The summed E-state index contributed by atoms with van der Waals surface area (Å²) in [4.78, 5) is 13.7. The highest BCUT2D eigenvalue weighted by atomic mass is 35.5. The smallest absolute Gasteiger partial charge is 0.243 e. The number of hydrogen-bond acceptors (Lipinski definition) is 2. The van der Waals surface area contributed by atoms with Crippen molar-refractivity contribution in [3.05, 3.63) is 41.0 Å². The highest BCUT2D eigenvalue weighted by molar-refractivity contribution is 6.27. The summed E-state index contributed by atoms with van der Waals surface area (Å²) in [5, 5.41) is 0. The number of alkyl halides is 1. The van der Waals surface area contributed by atoms with Crippen LogP contribution in [0.2, 0.25) is 0 Å². The molecule has 1 amide bonds. The summed E-state index contributed by atoms with van der Waals surface area (Å²) >= 11 is 5.72. The van der Waals surface area contributed by atoms with Gasteiger partial charge in [0.05, 0.1) is 5.70 Å². The van der Waals surface area contributed by atoms with Gasteiger partial charge < -0.3 is 4.74 Å². The molecule has 0 heterocycles. The number of hydrogen-bond donors (Lipinski definition) is 0. The molecule has 0 fully saturated rings. The molecule has 0 aliphatic heterocycles. The molecule has 0 bridgehead atoms. The first-order chi connectivity index (χ1) is 9.51. The number of aryl methyl sites for hydroxylation is 1. The summed E-state index contributed by atoms with van der Waals surface area (Å²) in [6, 6.07) is 8.07. The van der Waals surface area contributed by atoms with Crippen molar-refractivity contribution in [2.75, 3.05) is 19.2 Å². The van der Waals surface area contributed by atoms with Crippen molar-refractivity contribution >= 4 is 23.2 Å². The lowest BCUT2D eigenvalue weighted by Crippen LogP contribution is -2.33. The molecule has 4 heteroatoms. The molecule has 0 unspecified atom stereocenters. The lowest BCUT2D eigenvalue weighted by atomic mass is 10.0. The maximum atomic E-state index is 12.1. The Balaban J connectivity index is 3.22. The van der Waals surface area contributed by atoms with Crippen LogP contribution in [-0.2, 0) is 9.53 Å². The fourth-order valence-corrected chi connectivity index (χ4v) is 2.17. The fraction of sp³-hybridized carbons (Fsp3) is 0.438. The number of carbonyl (C=O) groups is 1. The standard InChI is InChI=1S/C16H22ClNO2/c1-5-20-11-18(15(19)10-17)16(12(2)3)14-8-6-7-13(4)9-14/h6-9H,5,10-11H2,1-4H3. The summed E-state index contributed by atoms with van der Waals surface area (Å²) in [7, 11) is 0. The predicted octanol–water partition coefficient (Wildman–Crippen LogP) is 3.81. The van der Waals surface area contributed by atoms with Crippen LogP contribution >= 0.6 is 11.6 Å². The van der Waals surface area contributed by atoms with E-state index in [4.69, 9.17) is 16.3 Å². The number of ether oxygens (including phenoxy) is 1. The van der Waals surface area contributed by atoms with E-state index in [0.29, 0.717) is 6.61 Å². The normalized spacial score (nSPS) is 10.2. The van der Waals surface area contributed by atoms with Gasteiger partial charge in [-0.2, -0.15) is 0 Å². The van der Waals surface area contributed by atoms with Crippen LogP contribution in [0.1, 0.15) is 31.9 Å². The van der Waals surface area contributed by atoms with Gasteiger partial charge in [-0.3, -0.25) is 9.69 Å². The van der Waals surface area contributed by atoms with Crippen LogP contribution in [0.5, 0.6) is 0 Å². The first-order valence-electron chi connectivity index (χ1n) is 6.69. The minimum atomic E-state index is -0.155. The van der Waals surface area contributed by atoms with Gasteiger partial charge in [0.25, 0.3) is 0 Å². The van der Waals surface area contributed by atoms with Gasteiger partial charge in [0.2, 0.25) is 5.91 Å². The minimum Gasteiger partial charge on any atom is -0.361 e. The Bertz CT molecular complexity index is 493. The first kappa shape index (κ1) is 16.7. The quantitative estimate of drug-likeness (QED) is 0.590. The Morgan fingerprint density at radius 1 is 1.35 bits per heavy atom. The van der Waals surface area contributed by atoms with Crippen LogP contribution in [-0.4, -0.2) is 30.0 Å². The van der Waals surface area contributed by atoms with Crippen LogP contribution in [0.25, 0.3) is 5.70 Å². The van der Waals surface area contributed by atoms with Crippen molar-refractivity contribution < 1.29 is 9.53 Å². The van der Waals surface area contributed by atoms with Crippen LogP contribution in [0, 0.1) is 6.92 Å². The number of carbonyl (C=O) groups excluding carboxylic acids is 1. The van der Waals surface area contributed by atoms with Gasteiger partial charge in [0, 0.05) is 6.61 Å². The second kappa shape index (κ2) is 8.08. The number of rotatable bonds is 6. The number of amides is 1. The minimum absolute atomic E-state index is 0.0599. The van der Waals surface area contributed by atoms with Crippen molar-refractivity contribution in [1.82, 2.24) is 4.90 Å². The number of allylic oxidation sites excluding steroid dienone is 1. The van der Waals surface area contributed by atoms with Gasteiger partial charge in [0.15, 0.2) is 0 Å². The number of halogens is 1. The van der Waals surface area contributed by atoms with Gasteiger partial charge in [0.1, 0.15) is 12.6 Å². The molecule has 0 saturated carbocycles. The van der Waals surface area contributed by atoms with Gasteiger partial charge in [-0.05, 0) is 39.3 Å². The third-order valence-electron chi connectivity index (χ3n) is 2.87. The van der Waals surface area contributed by atoms with E-state index < -0.39 is 0 Å². The Labute approximate surface area is 126 Å². The average molecular weight is 296 g/mol. The van der Waals surface area contributed by atoms with E-state index in [9.17, 15) is 4.79 Å². The molecular weight excluding hydrogens is 274 g/mol. The molecule has 0 N–H and O–H groups in total. The molecule has 20 heavy (non-hydrogen) atoms. The number of benzene rings is 1. The summed E-state index contributed by atoms with van der Waals surface area (Å²) in [6.07, 6.45) is 0. The molecule has 1 aromatic carbocycles. The highest BCUT2D eigenvalue weighted by Crippen LogP contribution is 2.24. The van der Waals surface area contributed by atoms with Crippen molar-refractivity contribution in [3.63, 3.8) is 0 Å². The predicted molar refractivity (Wildman–Crippen MR) is 83.5 cm³/mol. The summed E-state index contributed by atoms with van der Waals surface area (Å²) in [5.74, 6) is -0.215. The molecule has 1 aromatic rings. The van der Waals surface area contributed by atoms with Gasteiger partial charge in [-0.15, -0.1) is 11.6 Å². The molecule has 0 spiro atoms. The molecule has 0 atom stereocenters. The SMILES string of the molecule is CCOCN(C(=O)CCl)C(=C(C)C)c1cccc(C)c1. The Hall–Kier alpha value is -1.32. The van der Waals surface area contributed by atoms with E-state index in [0.717, 1.165) is 22.4 Å². The van der Waals surface area contributed by atoms with Crippen molar-refractivity contribution in [3.8, 4) is 0 Å². The first-order valence-corrected chi connectivity index (χ1v) is 7.23. The third kappa shape index (κ3) is 4.36. The van der Waals surface area contributed by atoms with E-state index in [1.165, 1.54) is 0 Å². The largest absolute Gasteiger partial charge is 0.361 e. The zero-order chi connectivity index (χ0) is 15.1. The average Bonchev–Trinajstić information content (AvgIpc) is 2.42. The van der Waals surface area contributed by atoms with E-state index >= 15 is 0 Å². The highest BCUT2D eigenvalue weighted by Gasteiger charge is 2.20. The zero-order valence-corrected chi connectivity index (χ0v) is 13.3. The Morgan fingerprint density at radius 3 is 2.55 bits per heavy atom. The van der Waals surface area contributed by atoms with Gasteiger partial charge in [-0.25, -0.2) is 0 Å². The lowest BCUT2D eigenvalue weighted by molar-refractivity contribution is -0.129. The summed E-state index contributed by atoms with van der Waals surface area (Å²) in [5.41, 5.74) is 4.07. The van der Waals surface area contributed by atoms with Crippen molar-refractivity contribution in [1.29, 1.82) is 0 Å². The maximum absolute atomic E-state index is 12.1. The van der Waals surface area contributed by atoms with Crippen molar-refractivity contribution in [2.45, 2.75) is 27.7 Å². The third-order valence-corrected chi connectivity index (χ3v) is 3.10. The van der Waals surface area contributed by atoms with E-state index in [2.05, 4.69) is 6.07 Å². The molecule has 1 rings (SSSR count). The molecule has 0 aliphatic carbocycles.